The fourth-order valence-corrected chi connectivity index (χ4v) is 6.53. The molecule has 0 radical (unpaired) electrons. The lowest BCUT2D eigenvalue weighted by Gasteiger charge is -2.40. The van der Waals surface area contributed by atoms with E-state index in [1.165, 1.54) is 18.2 Å². The van der Waals surface area contributed by atoms with Crippen molar-refractivity contribution in [3.8, 4) is 11.5 Å². The molecule has 6 unspecified atom stereocenters. The summed E-state index contributed by atoms with van der Waals surface area (Å²) >= 11 is 0. The zero-order valence-corrected chi connectivity index (χ0v) is 26.2. The van der Waals surface area contributed by atoms with E-state index < -0.39 is 61.4 Å². The second-order valence-electron chi connectivity index (χ2n) is 11.9. The molecule has 258 valence electrons. The predicted molar refractivity (Wildman–Crippen MR) is 172 cm³/mol. The van der Waals surface area contributed by atoms with Crippen molar-refractivity contribution in [1.29, 1.82) is 5.41 Å². The highest BCUT2D eigenvalue weighted by molar-refractivity contribution is 6.68. The molecular formula is C34H32N5O11+. The Kier molecular flexibility index (Phi) is 8.83. The average molecular weight is 687 g/mol. The van der Waals surface area contributed by atoms with Crippen molar-refractivity contribution >= 4 is 40.7 Å². The molecule has 1 aliphatic carbocycles. The summed E-state index contributed by atoms with van der Waals surface area (Å²) < 4.78 is 17.8. The van der Waals surface area contributed by atoms with Gasteiger partial charge in [0.1, 0.15) is 36.7 Å². The zero-order chi connectivity index (χ0) is 35.3. The SMILES string of the molecule is N=C1N=C2C(=NC[NH+]2c2ccccc2Cc2cc3c(c(OCCO)c2OC2OC(CO)C(O)C(O)C2O)C(=O)c2ccccc2C3=O)C(=O)N1. The van der Waals surface area contributed by atoms with Crippen LogP contribution >= 0.6 is 0 Å². The van der Waals surface area contributed by atoms with Crippen LogP contribution < -0.4 is 19.7 Å². The molecule has 50 heavy (non-hydrogen) atoms. The number of para-hydroxylation sites is 1. The molecule has 0 aromatic heterocycles. The van der Waals surface area contributed by atoms with Crippen LogP contribution in [0, 0.1) is 5.41 Å². The first-order chi connectivity index (χ1) is 24.1. The molecule has 3 aromatic rings. The van der Waals surface area contributed by atoms with Gasteiger partial charge in [-0.3, -0.25) is 25.1 Å². The van der Waals surface area contributed by atoms with Crippen LogP contribution in [0.15, 0.2) is 64.6 Å². The molecular weight excluding hydrogens is 654 g/mol. The van der Waals surface area contributed by atoms with Gasteiger partial charge in [-0.15, -0.1) is 0 Å². The third kappa shape index (κ3) is 5.58. The number of ketones is 2. The quantitative estimate of drug-likeness (QED) is 0.0957. The Hall–Kier alpha value is -5.20. The maximum atomic E-state index is 14.0. The van der Waals surface area contributed by atoms with Crippen LogP contribution in [0.1, 0.15) is 43.0 Å². The summed E-state index contributed by atoms with van der Waals surface area (Å²) in [5.41, 5.74) is 1.74. The Morgan fingerprint density at radius 3 is 2.36 bits per heavy atom. The van der Waals surface area contributed by atoms with Crippen LogP contribution in [0.5, 0.6) is 11.5 Å². The number of aliphatic hydroxyl groups is 5. The normalized spacial score (nSPS) is 25.6. The molecule has 16 nitrogen and oxygen atoms in total. The minimum absolute atomic E-state index is 0.00353. The van der Waals surface area contributed by atoms with E-state index in [0.717, 1.165) is 0 Å². The molecule has 1 amide bonds. The summed E-state index contributed by atoms with van der Waals surface area (Å²) in [7, 11) is 0. The first-order valence-electron chi connectivity index (χ1n) is 15.7. The summed E-state index contributed by atoms with van der Waals surface area (Å²) in [5, 5.41) is 61.7. The van der Waals surface area contributed by atoms with Gasteiger partial charge >= 0.3 is 0 Å². The van der Waals surface area contributed by atoms with Crippen molar-refractivity contribution in [2.24, 2.45) is 9.98 Å². The lowest BCUT2D eigenvalue weighted by Crippen LogP contribution is -3.09. The topological polar surface area (TPSA) is 245 Å². The molecule has 4 aliphatic rings. The number of guanidine groups is 1. The molecule has 3 heterocycles. The maximum absolute atomic E-state index is 14.0. The minimum atomic E-state index is -1.83. The summed E-state index contributed by atoms with van der Waals surface area (Å²) in [6, 6.07) is 14.8. The fourth-order valence-electron chi connectivity index (χ4n) is 6.53. The van der Waals surface area contributed by atoms with Gasteiger partial charge in [0.25, 0.3) is 11.7 Å². The van der Waals surface area contributed by atoms with E-state index in [-0.39, 0.29) is 76.5 Å². The van der Waals surface area contributed by atoms with Gasteiger partial charge in [0.05, 0.1) is 18.8 Å². The van der Waals surface area contributed by atoms with Crippen LogP contribution in [0.2, 0.25) is 0 Å². The van der Waals surface area contributed by atoms with Gasteiger partial charge in [-0.2, -0.15) is 4.99 Å². The highest BCUT2D eigenvalue weighted by Gasteiger charge is 2.46. The van der Waals surface area contributed by atoms with Crippen molar-refractivity contribution in [1.82, 2.24) is 5.32 Å². The van der Waals surface area contributed by atoms with Crippen molar-refractivity contribution in [2.45, 2.75) is 37.1 Å². The predicted octanol–water partition coefficient (Wildman–Crippen LogP) is -2.01. The van der Waals surface area contributed by atoms with E-state index in [1.807, 2.05) is 0 Å². The highest BCUT2D eigenvalue weighted by Crippen LogP contribution is 2.44. The van der Waals surface area contributed by atoms with E-state index in [1.54, 1.807) is 36.4 Å². The number of fused-ring (bicyclic) bond motifs is 3. The third-order valence-corrected chi connectivity index (χ3v) is 8.92. The number of quaternary nitrogens is 1. The lowest BCUT2D eigenvalue weighted by molar-refractivity contribution is -0.723. The first-order valence-corrected chi connectivity index (χ1v) is 15.7. The largest absolute Gasteiger partial charge is 0.486 e. The third-order valence-electron chi connectivity index (χ3n) is 8.92. The van der Waals surface area contributed by atoms with Crippen LogP contribution in [0.25, 0.3) is 0 Å². The summed E-state index contributed by atoms with van der Waals surface area (Å²) in [5.74, 6) is -2.06. The lowest BCUT2D eigenvalue weighted by atomic mass is 9.81. The van der Waals surface area contributed by atoms with E-state index in [2.05, 4.69) is 15.3 Å². The van der Waals surface area contributed by atoms with Crippen molar-refractivity contribution in [3.05, 3.63) is 88.0 Å². The minimum Gasteiger partial charge on any atom is -0.486 e. The number of amides is 1. The smallest absolute Gasteiger partial charge is 0.284 e. The zero-order valence-electron chi connectivity index (χ0n) is 26.2. The Balaban J connectivity index is 1.39. The van der Waals surface area contributed by atoms with Gasteiger partial charge in [-0.1, -0.05) is 42.5 Å². The maximum Gasteiger partial charge on any atom is 0.284 e. The molecule has 1 fully saturated rings. The first kappa shape index (κ1) is 33.3. The second kappa shape index (κ2) is 13.3. The Bertz CT molecular complexity index is 1990. The van der Waals surface area contributed by atoms with Gasteiger partial charge in [0, 0.05) is 34.2 Å². The molecule has 7 rings (SSSR count). The van der Waals surface area contributed by atoms with Crippen molar-refractivity contribution < 1.29 is 59.0 Å². The number of amidine groups is 1. The van der Waals surface area contributed by atoms with Crippen LogP contribution in [-0.4, -0.2) is 118 Å². The van der Waals surface area contributed by atoms with Gasteiger partial charge in [0.15, 0.2) is 29.7 Å². The average Bonchev–Trinajstić information content (AvgIpc) is 3.54. The summed E-state index contributed by atoms with van der Waals surface area (Å²) in [4.78, 5) is 49.6. The number of rotatable bonds is 9. The number of hydrogen-bond donors (Lipinski definition) is 8. The number of carbonyl (C=O) groups excluding carboxylic acids is 3. The fraction of sp³-hybridized carbons (Fsp3) is 0.294. The van der Waals surface area contributed by atoms with Crippen molar-refractivity contribution in [3.63, 3.8) is 0 Å². The van der Waals surface area contributed by atoms with E-state index in [0.29, 0.717) is 16.2 Å². The molecule has 1 saturated heterocycles. The van der Waals surface area contributed by atoms with Gasteiger partial charge < -0.3 is 39.7 Å². The molecule has 8 N–H and O–H groups in total. The number of ether oxygens (including phenoxy) is 3. The standard InChI is InChI=1S/C34H31N5O11/c35-34-37-31-23(32(47)38-34)36-14-39(31)20-8-4-1-5-15(20)11-16-12-19-22(25(43)18-7-3-2-6-17(18)24(19)42)30(48-10-9-40)29(16)50-33-28(46)27(45)26(44)21(13-41)49-33/h1-8,12,21,26-28,33,40-41,44-46H,9-11,13-14H2,(H2,35,38,47)/p+1. The summed E-state index contributed by atoms with van der Waals surface area (Å²) in [6.45, 7) is -1.44. The van der Waals surface area contributed by atoms with Gasteiger partial charge in [0.2, 0.25) is 18.0 Å². The monoisotopic (exact) mass is 686 g/mol. The number of benzene rings is 3. The molecule has 3 aliphatic heterocycles. The van der Waals surface area contributed by atoms with Crippen LogP contribution in [0.3, 0.4) is 0 Å². The Morgan fingerprint density at radius 1 is 0.900 bits per heavy atom. The van der Waals surface area contributed by atoms with E-state index >= 15 is 0 Å². The molecule has 6 atom stereocenters. The van der Waals surface area contributed by atoms with Crippen molar-refractivity contribution in [2.75, 3.05) is 26.5 Å². The Morgan fingerprint density at radius 2 is 1.62 bits per heavy atom. The number of hydrogen-bond acceptors (Lipinski definition) is 13. The number of nitrogens with zero attached hydrogens (tertiary/aromatic N) is 2. The Labute approximate surface area is 283 Å². The molecule has 0 saturated carbocycles. The number of nitrogens with one attached hydrogen (secondary N) is 3. The second-order valence-corrected chi connectivity index (χ2v) is 11.9. The van der Waals surface area contributed by atoms with Crippen LogP contribution in [0.4, 0.5) is 5.69 Å². The molecule has 3 aromatic carbocycles. The van der Waals surface area contributed by atoms with E-state index in [9.17, 15) is 39.9 Å². The van der Waals surface area contributed by atoms with Gasteiger partial charge in [-0.05, 0) is 12.1 Å². The van der Waals surface area contributed by atoms with Gasteiger partial charge in [-0.25, -0.2) is 9.89 Å². The van der Waals surface area contributed by atoms with Crippen LogP contribution in [-0.2, 0) is 16.0 Å². The molecule has 16 heteroatoms. The number of carbonyl (C=O) groups is 3. The van der Waals surface area contributed by atoms with E-state index in [4.69, 9.17) is 19.6 Å². The number of aliphatic imine (C=N–C) groups is 2. The number of aliphatic hydroxyl groups excluding tert-OH is 5. The highest BCUT2D eigenvalue weighted by atomic mass is 16.7. The molecule has 0 spiro atoms. The summed E-state index contributed by atoms with van der Waals surface area (Å²) in [6.07, 6.45) is -8.32. The molecule has 0 bridgehead atoms.